The van der Waals surface area contributed by atoms with Gasteiger partial charge in [0.05, 0.1) is 22.1 Å². The summed E-state index contributed by atoms with van der Waals surface area (Å²) in [6.07, 6.45) is 0. The van der Waals surface area contributed by atoms with Gasteiger partial charge >= 0.3 is 0 Å². The minimum Gasteiger partial charge on any atom is -0.309 e. The highest BCUT2D eigenvalue weighted by Gasteiger charge is 2.39. The van der Waals surface area contributed by atoms with E-state index in [9.17, 15) is 0 Å². The van der Waals surface area contributed by atoms with Gasteiger partial charge in [-0.15, -0.1) is 0 Å². The third-order valence-corrected chi connectivity index (χ3v) is 16.4. The second-order valence-electron chi connectivity index (χ2n) is 20.6. The van der Waals surface area contributed by atoms with Crippen molar-refractivity contribution in [1.29, 1.82) is 0 Å². The molecule has 0 N–H and O–H groups in total. The van der Waals surface area contributed by atoms with Crippen molar-refractivity contribution in [2.75, 3.05) is 0 Å². The first kappa shape index (κ1) is 40.7. The van der Waals surface area contributed by atoms with Gasteiger partial charge in [0.2, 0.25) is 6.71 Å². The average molecular weight is 857 g/mol. The number of nitrogens with zero attached hydrogens (tertiary/aromatic N) is 2. The van der Waals surface area contributed by atoms with Gasteiger partial charge in [-0.3, -0.25) is 0 Å². The van der Waals surface area contributed by atoms with Crippen LogP contribution in [0.4, 0.5) is 0 Å². The molecule has 9 aromatic rings. The molecule has 0 unspecified atom stereocenters. The van der Waals surface area contributed by atoms with E-state index in [1.165, 1.54) is 119 Å². The van der Waals surface area contributed by atoms with Crippen LogP contribution in [0.25, 0.3) is 55.0 Å². The third kappa shape index (κ3) is 6.46. The molecule has 0 atom stereocenters. The number of fused-ring (bicyclic) bond motifs is 10. The first-order valence-corrected chi connectivity index (χ1v) is 24.8. The van der Waals surface area contributed by atoms with E-state index in [-0.39, 0.29) is 12.1 Å². The highest BCUT2D eigenvalue weighted by atomic mass is 32.2. The average Bonchev–Trinajstić information content (AvgIpc) is 3.76. The van der Waals surface area contributed by atoms with Gasteiger partial charge in [0.1, 0.15) is 0 Å². The predicted molar refractivity (Wildman–Crippen MR) is 276 cm³/mol. The van der Waals surface area contributed by atoms with Gasteiger partial charge in [-0.1, -0.05) is 147 Å². The minimum atomic E-state index is 0.0195. The summed E-state index contributed by atoms with van der Waals surface area (Å²) in [7, 11) is 0. The zero-order chi connectivity index (χ0) is 43.8. The van der Waals surface area contributed by atoms with Crippen LogP contribution in [0, 0.1) is 0 Å². The standard InChI is InChI=1S/C58H57BN2S2/c1-32(2)36-12-20-49-43(24-36)44-25-37(33(3)4)13-21-50(44)60(49)41-16-18-47-53(30-41)62-55-28-40(58(9,10)11)29-56-57(55)59(47)48-19-17-42(31-54(48)63-56)61-51-22-14-38(34(5)6)26-45(51)46-27-39(35(7)8)15-23-52(46)61/h12-35H,1-11H3. The fourth-order valence-electron chi connectivity index (χ4n) is 10.3. The Morgan fingerprint density at radius 1 is 0.397 bits per heavy atom. The second-order valence-corrected chi connectivity index (χ2v) is 22.8. The fourth-order valence-corrected chi connectivity index (χ4v) is 12.8. The molecule has 5 heteroatoms. The highest BCUT2D eigenvalue weighted by Crippen LogP contribution is 2.44. The Morgan fingerprint density at radius 3 is 1.03 bits per heavy atom. The summed E-state index contributed by atoms with van der Waals surface area (Å²) in [5.74, 6) is 1.87. The Balaban J connectivity index is 1.10. The van der Waals surface area contributed by atoms with E-state index < -0.39 is 0 Å². The van der Waals surface area contributed by atoms with Gasteiger partial charge in [0.25, 0.3) is 0 Å². The first-order chi connectivity index (χ1) is 30.1. The van der Waals surface area contributed by atoms with Gasteiger partial charge in [0, 0.05) is 52.5 Å². The molecule has 0 amide bonds. The topological polar surface area (TPSA) is 9.86 Å². The van der Waals surface area contributed by atoms with Crippen LogP contribution in [-0.4, -0.2) is 15.8 Å². The van der Waals surface area contributed by atoms with Crippen molar-refractivity contribution in [1.82, 2.24) is 9.13 Å². The molecule has 7 aromatic carbocycles. The smallest absolute Gasteiger partial charge is 0.247 e. The van der Waals surface area contributed by atoms with E-state index in [2.05, 4.69) is 207 Å². The van der Waals surface area contributed by atoms with Crippen molar-refractivity contribution >= 4 is 90.2 Å². The van der Waals surface area contributed by atoms with Crippen molar-refractivity contribution in [2.45, 2.75) is 125 Å². The molecule has 2 aromatic heterocycles. The second kappa shape index (κ2) is 14.7. The van der Waals surface area contributed by atoms with Crippen LogP contribution in [-0.2, 0) is 5.41 Å². The molecular weight excluding hydrogens is 800 g/mol. The Bertz CT molecular complexity index is 3010. The van der Waals surface area contributed by atoms with Gasteiger partial charge in [-0.2, -0.15) is 0 Å². The summed E-state index contributed by atoms with van der Waals surface area (Å²) >= 11 is 3.94. The molecule has 2 nitrogen and oxygen atoms in total. The Morgan fingerprint density at radius 2 is 0.730 bits per heavy atom. The molecule has 0 fully saturated rings. The molecule has 0 saturated heterocycles. The number of rotatable bonds is 6. The highest BCUT2D eigenvalue weighted by molar-refractivity contribution is 8.01. The molecule has 2 aliphatic heterocycles. The van der Waals surface area contributed by atoms with Crippen molar-refractivity contribution in [3.8, 4) is 11.4 Å². The van der Waals surface area contributed by atoms with Crippen LogP contribution < -0.4 is 16.4 Å². The van der Waals surface area contributed by atoms with Gasteiger partial charge in [-0.05, 0) is 147 Å². The lowest BCUT2D eigenvalue weighted by Gasteiger charge is -2.35. The monoisotopic (exact) mass is 856 g/mol. The summed E-state index contributed by atoms with van der Waals surface area (Å²) < 4.78 is 5.03. The summed E-state index contributed by atoms with van der Waals surface area (Å²) in [6.45, 7) is 25.6. The molecule has 0 radical (unpaired) electrons. The molecule has 0 spiro atoms. The zero-order valence-electron chi connectivity index (χ0n) is 38.6. The number of hydrogen-bond acceptors (Lipinski definition) is 2. The molecule has 4 heterocycles. The first-order valence-electron chi connectivity index (χ1n) is 23.1. The SMILES string of the molecule is CC(C)c1ccc2c(c1)c1cc(C(C)C)ccc1n2-c1ccc2c(c1)Sc1cc(C(C)(C)C)cc3c1B2c1ccc(-n2c4ccc(C(C)C)cc4c4cc(C(C)C)ccc42)cc1S3. The van der Waals surface area contributed by atoms with E-state index in [1.54, 1.807) is 0 Å². The molecule has 0 aliphatic carbocycles. The zero-order valence-corrected chi connectivity index (χ0v) is 40.3. The number of benzene rings is 7. The van der Waals surface area contributed by atoms with Crippen molar-refractivity contribution in [3.63, 3.8) is 0 Å². The molecule has 11 rings (SSSR count). The quantitative estimate of drug-likeness (QED) is 0.154. The Labute approximate surface area is 382 Å². The normalized spacial score (nSPS) is 13.7. The van der Waals surface area contributed by atoms with Gasteiger partial charge in [0.15, 0.2) is 0 Å². The van der Waals surface area contributed by atoms with Crippen molar-refractivity contribution in [3.05, 3.63) is 149 Å². The summed E-state index contributed by atoms with van der Waals surface area (Å²) in [4.78, 5) is 5.48. The molecule has 0 bridgehead atoms. The summed E-state index contributed by atoms with van der Waals surface area (Å²) in [6, 6.07) is 48.2. The van der Waals surface area contributed by atoms with Crippen LogP contribution >= 0.6 is 23.5 Å². The maximum atomic E-state index is 2.52. The minimum absolute atomic E-state index is 0.0195. The van der Waals surface area contributed by atoms with E-state index in [4.69, 9.17) is 0 Å². The van der Waals surface area contributed by atoms with Crippen LogP contribution in [0.1, 0.15) is 128 Å². The van der Waals surface area contributed by atoms with Crippen LogP contribution in [0.2, 0.25) is 0 Å². The van der Waals surface area contributed by atoms with Gasteiger partial charge in [-0.25, -0.2) is 0 Å². The van der Waals surface area contributed by atoms with Crippen LogP contribution in [0.15, 0.2) is 141 Å². The van der Waals surface area contributed by atoms with Crippen LogP contribution in [0.5, 0.6) is 0 Å². The maximum Gasteiger partial charge on any atom is 0.247 e. The van der Waals surface area contributed by atoms with E-state index >= 15 is 0 Å². The number of aromatic nitrogens is 2. The lowest BCUT2D eigenvalue weighted by Crippen LogP contribution is -2.58. The van der Waals surface area contributed by atoms with E-state index in [0.717, 1.165) is 0 Å². The van der Waals surface area contributed by atoms with E-state index in [0.29, 0.717) is 23.7 Å². The van der Waals surface area contributed by atoms with Gasteiger partial charge < -0.3 is 9.13 Å². The fraction of sp³-hybridized carbons (Fsp3) is 0.276. The molecular formula is C58H57BN2S2. The lowest BCUT2D eigenvalue weighted by molar-refractivity contribution is 0.587. The maximum absolute atomic E-state index is 2.52. The molecule has 2 aliphatic rings. The largest absolute Gasteiger partial charge is 0.309 e. The van der Waals surface area contributed by atoms with Crippen molar-refractivity contribution < 1.29 is 0 Å². The van der Waals surface area contributed by atoms with Crippen molar-refractivity contribution in [2.24, 2.45) is 0 Å². The Hall–Kier alpha value is -5.10. The number of hydrogen-bond donors (Lipinski definition) is 0. The molecule has 314 valence electrons. The van der Waals surface area contributed by atoms with E-state index in [1.807, 2.05) is 23.5 Å². The van der Waals surface area contributed by atoms with Crippen LogP contribution in [0.3, 0.4) is 0 Å². The predicted octanol–water partition coefficient (Wildman–Crippen LogP) is 15.1. The lowest BCUT2D eigenvalue weighted by atomic mass is 9.36. The summed E-state index contributed by atoms with van der Waals surface area (Å²) in [5.41, 5.74) is 18.7. The molecule has 0 saturated carbocycles. The summed E-state index contributed by atoms with van der Waals surface area (Å²) in [5, 5.41) is 5.36. The molecule has 63 heavy (non-hydrogen) atoms. The Kier molecular flexibility index (Phi) is 9.50. The third-order valence-electron chi connectivity index (χ3n) is 14.1.